The fourth-order valence-corrected chi connectivity index (χ4v) is 3.44. The van der Waals surface area contributed by atoms with Crippen LogP contribution in [0.2, 0.25) is 0 Å². The number of ether oxygens (including phenoxy) is 1. The van der Waals surface area contributed by atoms with E-state index in [1.165, 1.54) is 0 Å². The van der Waals surface area contributed by atoms with E-state index in [4.69, 9.17) is 4.74 Å². The maximum absolute atomic E-state index is 12.9. The Kier molecular flexibility index (Phi) is 5.48. The zero-order valence-corrected chi connectivity index (χ0v) is 17.1. The van der Waals surface area contributed by atoms with Gasteiger partial charge in [-0.05, 0) is 60.2 Å². The van der Waals surface area contributed by atoms with Crippen LogP contribution in [-0.2, 0) is 13.2 Å². The average molecular weight is 426 g/mol. The Morgan fingerprint density at radius 1 is 0.844 bits per heavy atom. The second-order valence-electron chi connectivity index (χ2n) is 7.13. The minimum Gasteiger partial charge on any atom is -0.487 e. The van der Waals surface area contributed by atoms with Crippen LogP contribution in [0.1, 0.15) is 5.69 Å². The quantitative estimate of drug-likeness (QED) is 0.381. The third kappa shape index (κ3) is 4.15. The maximum atomic E-state index is 12.9. The zero-order chi connectivity index (χ0) is 21.8. The summed E-state index contributed by atoms with van der Waals surface area (Å²) in [5.41, 5.74) is 5.95. The van der Waals surface area contributed by atoms with E-state index in [-0.39, 0.29) is 6.54 Å². The normalized spacial score (nSPS) is 11.0. The second kappa shape index (κ2) is 8.89. The number of hydrogen-bond donors (Lipinski definition) is 0. The molecule has 0 bridgehead atoms. The van der Waals surface area contributed by atoms with Crippen LogP contribution in [0.4, 0.5) is 4.39 Å². The van der Waals surface area contributed by atoms with Crippen LogP contribution < -0.4 is 4.74 Å². The molecule has 0 saturated heterocycles. The predicted octanol–water partition coefficient (Wildman–Crippen LogP) is 4.50. The van der Waals surface area contributed by atoms with Gasteiger partial charge in [0, 0.05) is 29.7 Å². The molecule has 0 aliphatic carbocycles. The molecule has 0 atom stereocenters. The van der Waals surface area contributed by atoms with Crippen molar-refractivity contribution in [1.82, 2.24) is 29.9 Å². The molecule has 0 radical (unpaired) electrons. The molecule has 0 fully saturated rings. The first-order valence-electron chi connectivity index (χ1n) is 10.1. The van der Waals surface area contributed by atoms with Crippen molar-refractivity contribution in [3.63, 3.8) is 0 Å². The molecule has 5 aromatic rings. The number of rotatable bonds is 7. The van der Waals surface area contributed by atoms with Gasteiger partial charge >= 0.3 is 0 Å². The highest BCUT2D eigenvalue weighted by Crippen LogP contribution is 2.31. The van der Waals surface area contributed by atoms with Crippen LogP contribution in [0.25, 0.3) is 33.4 Å². The lowest BCUT2D eigenvalue weighted by atomic mass is 10.0. The summed E-state index contributed by atoms with van der Waals surface area (Å²) < 4.78 is 20.4. The molecule has 8 heteroatoms. The molecule has 0 aliphatic rings. The molecule has 4 heterocycles. The van der Waals surface area contributed by atoms with Crippen molar-refractivity contribution in [2.75, 3.05) is 6.67 Å². The molecule has 5 rings (SSSR count). The molecule has 7 nitrogen and oxygen atoms in total. The van der Waals surface area contributed by atoms with Crippen molar-refractivity contribution >= 4 is 11.0 Å². The number of aryl methyl sites for hydroxylation is 1. The number of hydrogen-bond acceptors (Lipinski definition) is 6. The van der Waals surface area contributed by atoms with E-state index in [2.05, 4.69) is 25.3 Å². The Hall–Kier alpha value is -4.20. The summed E-state index contributed by atoms with van der Waals surface area (Å²) in [5.74, 6) is 0.720. The SMILES string of the molecule is FCCn1cc(-c2ccncc2)c(-c2ccc(OCc3ccc4nnccc4n3)cc2)n1. The minimum absolute atomic E-state index is 0.212. The molecular formula is C24H19FN6O. The highest BCUT2D eigenvalue weighted by Gasteiger charge is 2.13. The number of pyridine rings is 2. The summed E-state index contributed by atoms with van der Waals surface area (Å²) in [4.78, 5) is 8.62. The van der Waals surface area contributed by atoms with Gasteiger partial charge in [0.15, 0.2) is 0 Å². The fraction of sp³-hybridized carbons (Fsp3) is 0.125. The van der Waals surface area contributed by atoms with E-state index < -0.39 is 6.67 Å². The van der Waals surface area contributed by atoms with E-state index in [1.54, 1.807) is 23.3 Å². The summed E-state index contributed by atoms with van der Waals surface area (Å²) in [7, 11) is 0. The summed E-state index contributed by atoms with van der Waals surface area (Å²) >= 11 is 0. The number of fused-ring (bicyclic) bond motifs is 1. The molecule has 0 spiro atoms. The van der Waals surface area contributed by atoms with Crippen molar-refractivity contribution < 1.29 is 9.13 Å². The molecule has 32 heavy (non-hydrogen) atoms. The number of alkyl halides is 1. The van der Waals surface area contributed by atoms with E-state index in [0.29, 0.717) is 6.61 Å². The monoisotopic (exact) mass is 426 g/mol. The summed E-state index contributed by atoms with van der Waals surface area (Å²) in [6.45, 7) is 0.0771. The van der Waals surface area contributed by atoms with E-state index in [1.807, 2.05) is 60.8 Å². The first kappa shape index (κ1) is 19.7. The Labute approximate surface area is 183 Å². The first-order valence-corrected chi connectivity index (χ1v) is 10.1. The van der Waals surface area contributed by atoms with Crippen molar-refractivity contribution in [2.24, 2.45) is 0 Å². The summed E-state index contributed by atoms with van der Waals surface area (Å²) in [6.07, 6.45) is 6.95. The molecule has 0 saturated carbocycles. The molecule has 4 aromatic heterocycles. The molecule has 0 aliphatic heterocycles. The van der Waals surface area contributed by atoms with Crippen molar-refractivity contribution in [3.8, 4) is 28.1 Å². The van der Waals surface area contributed by atoms with Gasteiger partial charge in [0.05, 0.1) is 24.0 Å². The minimum atomic E-state index is -0.473. The van der Waals surface area contributed by atoms with Crippen LogP contribution in [0.15, 0.2) is 79.4 Å². The third-order valence-corrected chi connectivity index (χ3v) is 5.01. The van der Waals surface area contributed by atoms with Gasteiger partial charge in [-0.2, -0.15) is 10.2 Å². The lowest BCUT2D eigenvalue weighted by Gasteiger charge is -2.08. The van der Waals surface area contributed by atoms with Gasteiger partial charge in [-0.25, -0.2) is 9.37 Å². The number of halogens is 1. The highest BCUT2D eigenvalue weighted by molar-refractivity contribution is 5.80. The molecule has 0 amide bonds. The maximum Gasteiger partial charge on any atom is 0.130 e. The standard InChI is InChI=1S/C24H19FN6O/c25-10-14-31-15-21(17-7-11-26-12-8-17)24(30-31)18-1-4-20(5-2-18)32-16-19-3-6-23-22(28-19)9-13-27-29-23/h1-9,11-13,15H,10,14,16H2. The van der Waals surface area contributed by atoms with Gasteiger partial charge in [-0.3, -0.25) is 9.67 Å². The van der Waals surface area contributed by atoms with Crippen LogP contribution in [0, 0.1) is 0 Å². The van der Waals surface area contributed by atoms with Gasteiger partial charge < -0.3 is 4.74 Å². The Balaban J connectivity index is 1.36. The predicted molar refractivity (Wildman–Crippen MR) is 119 cm³/mol. The van der Waals surface area contributed by atoms with Crippen molar-refractivity contribution in [3.05, 3.63) is 85.1 Å². The van der Waals surface area contributed by atoms with E-state index in [0.717, 1.165) is 44.9 Å². The Morgan fingerprint density at radius 2 is 1.69 bits per heavy atom. The highest BCUT2D eigenvalue weighted by atomic mass is 19.1. The van der Waals surface area contributed by atoms with Crippen molar-refractivity contribution in [1.29, 1.82) is 0 Å². The first-order chi connectivity index (χ1) is 15.8. The van der Waals surface area contributed by atoms with E-state index in [9.17, 15) is 4.39 Å². The van der Waals surface area contributed by atoms with Gasteiger partial charge in [0.1, 0.15) is 30.2 Å². The zero-order valence-electron chi connectivity index (χ0n) is 17.1. The van der Waals surface area contributed by atoms with Crippen molar-refractivity contribution in [2.45, 2.75) is 13.2 Å². The largest absolute Gasteiger partial charge is 0.487 e. The topological polar surface area (TPSA) is 78.6 Å². The lowest BCUT2D eigenvalue weighted by molar-refractivity contribution is 0.302. The van der Waals surface area contributed by atoms with Crippen LogP contribution >= 0.6 is 0 Å². The van der Waals surface area contributed by atoms with Gasteiger partial charge in [0.2, 0.25) is 0 Å². The smallest absolute Gasteiger partial charge is 0.130 e. The molecular weight excluding hydrogens is 407 g/mol. The molecule has 0 unspecified atom stereocenters. The number of nitrogens with zero attached hydrogens (tertiary/aromatic N) is 6. The second-order valence-corrected chi connectivity index (χ2v) is 7.13. The number of benzene rings is 1. The van der Waals surface area contributed by atoms with Crippen LogP contribution in [0.5, 0.6) is 5.75 Å². The molecule has 0 N–H and O–H groups in total. The summed E-state index contributed by atoms with van der Waals surface area (Å²) in [5, 5.41) is 12.5. The Bertz CT molecular complexity index is 1340. The third-order valence-electron chi connectivity index (χ3n) is 5.01. The fourth-order valence-electron chi connectivity index (χ4n) is 3.44. The lowest BCUT2D eigenvalue weighted by Crippen LogP contribution is -2.00. The average Bonchev–Trinajstić information content (AvgIpc) is 3.28. The van der Waals surface area contributed by atoms with Gasteiger partial charge in [-0.15, -0.1) is 5.10 Å². The molecule has 158 valence electrons. The van der Waals surface area contributed by atoms with Crippen LogP contribution in [0.3, 0.4) is 0 Å². The van der Waals surface area contributed by atoms with Crippen LogP contribution in [-0.4, -0.2) is 36.6 Å². The molecule has 1 aromatic carbocycles. The van der Waals surface area contributed by atoms with Gasteiger partial charge in [0.25, 0.3) is 0 Å². The van der Waals surface area contributed by atoms with E-state index >= 15 is 0 Å². The summed E-state index contributed by atoms with van der Waals surface area (Å²) in [6, 6.07) is 17.1. The Morgan fingerprint density at radius 3 is 2.50 bits per heavy atom. The number of aromatic nitrogens is 6. The van der Waals surface area contributed by atoms with Gasteiger partial charge in [-0.1, -0.05) is 0 Å².